The van der Waals surface area contributed by atoms with Gasteiger partial charge in [-0.05, 0) is 75.9 Å². The molecule has 9 rings (SSSR count). The normalized spacial score (nSPS) is 12.3. The van der Waals surface area contributed by atoms with Crippen molar-refractivity contribution in [3.8, 4) is 34.0 Å². The summed E-state index contributed by atoms with van der Waals surface area (Å²) in [5, 5.41) is 15.9. The summed E-state index contributed by atoms with van der Waals surface area (Å²) in [6, 6.07) is 42.6. The van der Waals surface area contributed by atoms with Gasteiger partial charge in [0.2, 0.25) is 0 Å². The molecule has 0 radical (unpaired) electrons. The Bertz CT molecular complexity index is 2470. The molecule has 2 aliphatic heterocycles. The smallest absolute Gasteiger partial charge is 0.252 e. The summed E-state index contributed by atoms with van der Waals surface area (Å²) >= 11 is 0. The standard InChI is InChI=1S/C39H23BN4/c1-23-9-3-4-10-26(23)29-12-7-14-31-38(29)43-34-20-25(27-18-17-24(22-41)19-33(27)42-2)21-36-37(34)40(31)32-15-8-13-30-28-11-5-6-16-35(28)44(36)39(30)32/h3-21,43H,1H3. The van der Waals surface area contributed by atoms with E-state index in [1.165, 1.54) is 49.4 Å². The number of hydrogen-bond acceptors (Lipinski definition) is 2. The molecular formula is C39H23BN4. The molecule has 6 aromatic carbocycles. The number of nitriles is 1. The topological polar surface area (TPSA) is 45.1 Å². The van der Waals surface area contributed by atoms with Gasteiger partial charge in [0, 0.05) is 44.5 Å². The molecule has 0 saturated heterocycles. The van der Waals surface area contributed by atoms with E-state index in [4.69, 9.17) is 6.57 Å². The first-order chi connectivity index (χ1) is 21.7. The molecule has 0 fully saturated rings. The Kier molecular flexibility index (Phi) is 5.01. The molecule has 44 heavy (non-hydrogen) atoms. The van der Waals surface area contributed by atoms with Crippen molar-refractivity contribution in [2.24, 2.45) is 0 Å². The van der Waals surface area contributed by atoms with Gasteiger partial charge in [0.15, 0.2) is 5.69 Å². The van der Waals surface area contributed by atoms with Crippen LogP contribution in [-0.2, 0) is 0 Å². The Morgan fingerprint density at radius 3 is 2.41 bits per heavy atom. The van der Waals surface area contributed by atoms with Crippen LogP contribution in [0, 0.1) is 24.8 Å². The molecule has 1 N–H and O–H groups in total. The van der Waals surface area contributed by atoms with E-state index in [-0.39, 0.29) is 6.71 Å². The van der Waals surface area contributed by atoms with Crippen LogP contribution < -0.4 is 21.7 Å². The third-order valence-corrected chi connectivity index (χ3v) is 9.39. The number of fused-ring (bicyclic) bond motifs is 7. The maximum absolute atomic E-state index is 9.52. The van der Waals surface area contributed by atoms with Crippen molar-refractivity contribution in [3.05, 3.63) is 138 Å². The molecule has 0 spiro atoms. The summed E-state index contributed by atoms with van der Waals surface area (Å²) in [4.78, 5) is 3.84. The molecule has 0 unspecified atom stereocenters. The highest BCUT2D eigenvalue weighted by molar-refractivity contribution is 7.00. The molecule has 1 aromatic heterocycles. The van der Waals surface area contributed by atoms with Gasteiger partial charge in [0.1, 0.15) is 0 Å². The van der Waals surface area contributed by atoms with E-state index in [1.54, 1.807) is 12.1 Å². The average Bonchev–Trinajstić information content (AvgIpc) is 3.41. The number of aryl methyl sites for hydroxylation is 1. The van der Waals surface area contributed by atoms with E-state index in [0.717, 1.165) is 33.7 Å². The third-order valence-electron chi connectivity index (χ3n) is 9.39. The van der Waals surface area contributed by atoms with Gasteiger partial charge >= 0.3 is 0 Å². The van der Waals surface area contributed by atoms with Crippen LogP contribution in [0.4, 0.5) is 17.1 Å². The highest BCUT2D eigenvalue weighted by Crippen LogP contribution is 2.42. The first-order valence-corrected chi connectivity index (χ1v) is 14.7. The van der Waals surface area contributed by atoms with Gasteiger partial charge in [-0.2, -0.15) is 5.26 Å². The zero-order valence-corrected chi connectivity index (χ0v) is 23.9. The van der Waals surface area contributed by atoms with Gasteiger partial charge in [0.25, 0.3) is 6.71 Å². The molecule has 0 bridgehead atoms. The highest BCUT2D eigenvalue weighted by Gasteiger charge is 2.40. The number of rotatable bonds is 2. The molecule has 0 aliphatic carbocycles. The molecule has 202 valence electrons. The van der Waals surface area contributed by atoms with Crippen LogP contribution in [0.3, 0.4) is 0 Å². The largest absolute Gasteiger partial charge is 0.356 e. The van der Waals surface area contributed by atoms with Crippen LogP contribution in [0.1, 0.15) is 11.1 Å². The fourth-order valence-corrected chi connectivity index (χ4v) is 7.51. The van der Waals surface area contributed by atoms with Crippen molar-refractivity contribution < 1.29 is 0 Å². The van der Waals surface area contributed by atoms with E-state index in [9.17, 15) is 5.26 Å². The third kappa shape index (κ3) is 3.21. The quantitative estimate of drug-likeness (QED) is 0.174. The summed E-state index contributed by atoms with van der Waals surface area (Å²) < 4.78 is 2.41. The lowest BCUT2D eigenvalue weighted by molar-refractivity contribution is 1.19. The number of hydrogen-bond donors (Lipinski definition) is 1. The second-order valence-electron chi connectivity index (χ2n) is 11.7. The lowest BCUT2D eigenvalue weighted by Gasteiger charge is -2.36. The molecule has 4 nitrogen and oxygen atoms in total. The number of aromatic nitrogens is 1. The number of nitrogens with one attached hydrogen (secondary N) is 1. The van der Waals surface area contributed by atoms with E-state index in [1.807, 2.05) is 6.07 Å². The maximum Gasteiger partial charge on any atom is 0.252 e. The van der Waals surface area contributed by atoms with Gasteiger partial charge < -0.3 is 9.88 Å². The zero-order valence-electron chi connectivity index (χ0n) is 23.9. The molecule has 0 amide bonds. The van der Waals surface area contributed by atoms with Crippen LogP contribution >= 0.6 is 0 Å². The van der Waals surface area contributed by atoms with Crippen molar-refractivity contribution in [1.29, 1.82) is 5.26 Å². The SMILES string of the molecule is [C-]#[N+]c1cc(C#N)ccc1-c1cc2c3c(c1)-n1c4ccccc4c4cccc(c41)B3c1cccc(-c3ccccc3C)c1N2. The van der Waals surface area contributed by atoms with Crippen molar-refractivity contribution in [3.63, 3.8) is 0 Å². The fourth-order valence-electron chi connectivity index (χ4n) is 7.51. The lowest BCUT2D eigenvalue weighted by Crippen LogP contribution is -2.59. The van der Waals surface area contributed by atoms with Gasteiger partial charge in [-0.15, -0.1) is 0 Å². The second-order valence-corrected chi connectivity index (χ2v) is 11.7. The first-order valence-electron chi connectivity index (χ1n) is 14.7. The summed E-state index contributed by atoms with van der Waals surface area (Å²) in [7, 11) is 0. The van der Waals surface area contributed by atoms with Crippen molar-refractivity contribution in [2.45, 2.75) is 6.92 Å². The van der Waals surface area contributed by atoms with E-state index < -0.39 is 0 Å². The van der Waals surface area contributed by atoms with E-state index in [0.29, 0.717) is 11.3 Å². The number of para-hydroxylation sites is 3. The molecule has 5 heteroatoms. The number of nitrogens with zero attached hydrogens (tertiary/aromatic N) is 3. The van der Waals surface area contributed by atoms with Gasteiger partial charge in [-0.25, -0.2) is 4.85 Å². The average molecular weight is 558 g/mol. The molecule has 7 aromatic rings. The fraction of sp³-hybridized carbons (Fsp3) is 0.0256. The minimum atomic E-state index is 0.0380. The van der Waals surface area contributed by atoms with E-state index in [2.05, 4.69) is 125 Å². The van der Waals surface area contributed by atoms with Gasteiger partial charge in [-0.1, -0.05) is 84.9 Å². The first kappa shape index (κ1) is 24.6. The minimum absolute atomic E-state index is 0.0380. The molecule has 2 aliphatic rings. The molecule has 0 atom stereocenters. The monoisotopic (exact) mass is 558 g/mol. The van der Waals surface area contributed by atoms with Crippen LogP contribution in [-0.4, -0.2) is 11.3 Å². The lowest BCUT2D eigenvalue weighted by atomic mass is 9.34. The number of benzene rings is 6. The van der Waals surface area contributed by atoms with Crippen LogP contribution in [0.15, 0.2) is 115 Å². The summed E-state index contributed by atoms with van der Waals surface area (Å²) in [6.45, 7) is 10.1. The zero-order chi connectivity index (χ0) is 29.5. The van der Waals surface area contributed by atoms with Gasteiger partial charge in [0.05, 0.1) is 18.2 Å². The Labute approximate surface area is 255 Å². The van der Waals surface area contributed by atoms with E-state index >= 15 is 0 Å². The number of anilines is 2. The predicted molar refractivity (Wildman–Crippen MR) is 182 cm³/mol. The second kappa shape index (κ2) is 8.98. The molecule has 0 saturated carbocycles. The predicted octanol–water partition coefficient (Wildman–Crippen LogP) is 7.74. The Morgan fingerprint density at radius 1 is 0.773 bits per heavy atom. The summed E-state index contributed by atoms with van der Waals surface area (Å²) in [5.74, 6) is 0. The van der Waals surface area contributed by atoms with Crippen molar-refractivity contribution in [2.75, 3.05) is 5.32 Å². The Hall–Kier alpha value is -6.04. The molecule has 3 heterocycles. The minimum Gasteiger partial charge on any atom is -0.356 e. The summed E-state index contributed by atoms with van der Waals surface area (Å²) in [5.41, 5.74) is 15.8. The van der Waals surface area contributed by atoms with Gasteiger partial charge in [-0.3, -0.25) is 0 Å². The summed E-state index contributed by atoms with van der Waals surface area (Å²) in [6.07, 6.45) is 0. The van der Waals surface area contributed by atoms with Crippen molar-refractivity contribution >= 4 is 62.0 Å². The molecular weight excluding hydrogens is 535 g/mol. The van der Waals surface area contributed by atoms with Crippen molar-refractivity contribution in [1.82, 2.24) is 4.57 Å². The Morgan fingerprint density at radius 2 is 1.55 bits per heavy atom. The van der Waals surface area contributed by atoms with Crippen LogP contribution in [0.5, 0.6) is 0 Å². The van der Waals surface area contributed by atoms with Crippen LogP contribution in [0.25, 0.3) is 54.6 Å². The van der Waals surface area contributed by atoms with Crippen LogP contribution in [0.2, 0.25) is 0 Å². The maximum atomic E-state index is 9.52. The highest BCUT2D eigenvalue weighted by atomic mass is 15.0. The Balaban J connectivity index is 1.42.